The van der Waals surface area contributed by atoms with Crippen LogP contribution < -0.4 is 15.8 Å². The minimum atomic E-state index is -0.790. The molecule has 0 saturated carbocycles. The Morgan fingerprint density at radius 2 is 2.13 bits per heavy atom. The number of anilines is 1. The standard InChI is InChI=1S/C20H24N6O5/c21-20-24-18-17(23-11-26(18)16-9-13(28)14(10-27)31-16)19(25-20)30-7-6-22-15(29)8-12-4-2-1-3-5-12/h1-5,11,13-14,16,27-28H,6-10H2,(H,22,29)(H2,21,24,25)/t13-,14+,16+/m0/s1. The second-order valence-corrected chi connectivity index (χ2v) is 7.19. The summed E-state index contributed by atoms with van der Waals surface area (Å²) in [6.45, 7) is 0.170. The van der Waals surface area contributed by atoms with Crippen molar-refractivity contribution in [2.45, 2.75) is 31.3 Å². The Kier molecular flexibility index (Phi) is 6.26. The predicted molar refractivity (Wildman–Crippen MR) is 110 cm³/mol. The lowest BCUT2D eigenvalue weighted by molar-refractivity contribution is -0.120. The van der Waals surface area contributed by atoms with Gasteiger partial charge in [-0.2, -0.15) is 9.97 Å². The highest BCUT2D eigenvalue weighted by atomic mass is 16.5. The average Bonchev–Trinajstić information content (AvgIpc) is 3.34. The Balaban J connectivity index is 1.38. The first kappa shape index (κ1) is 21.0. The number of ether oxygens (including phenoxy) is 2. The molecule has 0 aliphatic carbocycles. The molecule has 1 fully saturated rings. The van der Waals surface area contributed by atoms with Crippen LogP contribution in [0.5, 0.6) is 5.88 Å². The van der Waals surface area contributed by atoms with Crippen LogP contribution in [-0.4, -0.2) is 67.6 Å². The normalized spacial score (nSPS) is 20.8. The molecule has 1 amide bonds. The summed E-state index contributed by atoms with van der Waals surface area (Å²) in [7, 11) is 0. The third-order valence-corrected chi connectivity index (χ3v) is 4.97. The van der Waals surface area contributed by atoms with Gasteiger partial charge in [0.25, 0.3) is 0 Å². The van der Waals surface area contributed by atoms with E-state index in [0.29, 0.717) is 11.2 Å². The molecule has 31 heavy (non-hydrogen) atoms. The van der Waals surface area contributed by atoms with Crippen molar-refractivity contribution in [1.82, 2.24) is 24.8 Å². The molecule has 2 aromatic heterocycles. The number of nitrogens with zero attached hydrogens (tertiary/aromatic N) is 4. The molecule has 0 spiro atoms. The summed E-state index contributed by atoms with van der Waals surface area (Å²) in [6.07, 6.45) is 0.0717. The van der Waals surface area contributed by atoms with Gasteiger partial charge in [0.05, 0.1) is 32.0 Å². The summed E-state index contributed by atoms with van der Waals surface area (Å²) in [6, 6.07) is 9.45. The molecule has 3 atom stereocenters. The van der Waals surface area contributed by atoms with Gasteiger partial charge in [-0.3, -0.25) is 9.36 Å². The van der Waals surface area contributed by atoms with E-state index >= 15 is 0 Å². The van der Waals surface area contributed by atoms with Crippen molar-refractivity contribution < 1.29 is 24.5 Å². The van der Waals surface area contributed by atoms with Crippen LogP contribution in [0.15, 0.2) is 36.7 Å². The van der Waals surface area contributed by atoms with E-state index < -0.39 is 18.4 Å². The second kappa shape index (κ2) is 9.25. The molecular formula is C20H24N6O5. The number of imidazole rings is 1. The van der Waals surface area contributed by atoms with E-state index in [-0.39, 0.29) is 50.3 Å². The SMILES string of the molecule is Nc1nc(OCCNC(=O)Cc2ccccc2)c2ncn([C@H]3C[C@H](O)[C@@H](CO)O3)c2n1. The van der Waals surface area contributed by atoms with Gasteiger partial charge in [0.2, 0.25) is 17.7 Å². The van der Waals surface area contributed by atoms with Gasteiger partial charge < -0.3 is 30.7 Å². The minimum Gasteiger partial charge on any atom is -0.474 e. The van der Waals surface area contributed by atoms with E-state index in [2.05, 4.69) is 20.3 Å². The highest BCUT2D eigenvalue weighted by Crippen LogP contribution is 2.32. The van der Waals surface area contributed by atoms with Gasteiger partial charge in [-0.1, -0.05) is 30.3 Å². The summed E-state index contributed by atoms with van der Waals surface area (Å²) in [5, 5.41) is 22.1. The number of aromatic nitrogens is 4. The zero-order valence-corrected chi connectivity index (χ0v) is 16.7. The van der Waals surface area contributed by atoms with Crippen LogP contribution in [-0.2, 0) is 16.0 Å². The molecule has 1 aliphatic rings. The van der Waals surface area contributed by atoms with Gasteiger partial charge in [0, 0.05) is 6.42 Å². The third kappa shape index (κ3) is 4.74. The molecule has 4 rings (SSSR count). The Morgan fingerprint density at radius 1 is 1.32 bits per heavy atom. The smallest absolute Gasteiger partial charge is 0.247 e. The molecule has 11 heteroatoms. The average molecular weight is 428 g/mol. The van der Waals surface area contributed by atoms with Gasteiger partial charge >= 0.3 is 0 Å². The fourth-order valence-electron chi connectivity index (χ4n) is 3.45. The number of carbonyl (C=O) groups is 1. The first-order valence-electron chi connectivity index (χ1n) is 9.93. The molecule has 0 bridgehead atoms. The number of nitrogen functional groups attached to an aromatic ring is 1. The predicted octanol–water partition coefficient (Wildman–Crippen LogP) is -0.213. The van der Waals surface area contributed by atoms with Crippen LogP contribution in [0.1, 0.15) is 18.2 Å². The second-order valence-electron chi connectivity index (χ2n) is 7.19. The topological polar surface area (TPSA) is 158 Å². The lowest BCUT2D eigenvalue weighted by atomic mass is 10.1. The highest BCUT2D eigenvalue weighted by molar-refractivity contribution is 5.79. The molecule has 0 radical (unpaired) electrons. The molecule has 5 N–H and O–H groups in total. The Bertz CT molecular complexity index is 1040. The number of nitrogens with two attached hydrogens (primary N) is 1. The molecule has 11 nitrogen and oxygen atoms in total. The quantitative estimate of drug-likeness (QED) is 0.356. The molecule has 1 aliphatic heterocycles. The minimum absolute atomic E-state index is 0.00498. The maximum atomic E-state index is 12.0. The third-order valence-electron chi connectivity index (χ3n) is 4.97. The zero-order chi connectivity index (χ0) is 21.8. The Morgan fingerprint density at radius 3 is 2.87 bits per heavy atom. The lowest BCUT2D eigenvalue weighted by Gasteiger charge is -2.14. The first-order chi connectivity index (χ1) is 15.0. The van der Waals surface area contributed by atoms with Crippen molar-refractivity contribution in [2.24, 2.45) is 0 Å². The molecule has 164 valence electrons. The summed E-state index contributed by atoms with van der Waals surface area (Å²) < 4.78 is 13.0. The molecule has 1 saturated heterocycles. The monoisotopic (exact) mass is 428 g/mol. The maximum absolute atomic E-state index is 12.0. The summed E-state index contributed by atoms with van der Waals surface area (Å²) in [5.41, 5.74) is 7.54. The van der Waals surface area contributed by atoms with Crippen LogP contribution in [0.25, 0.3) is 11.2 Å². The van der Waals surface area contributed by atoms with Crippen molar-refractivity contribution >= 4 is 23.0 Å². The van der Waals surface area contributed by atoms with Crippen LogP contribution in [0.2, 0.25) is 0 Å². The maximum Gasteiger partial charge on any atom is 0.247 e. The number of aliphatic hydroxyl groups is 2. The molecule has 3 heterocycles. The summed E-state index contributed by atoms with van der Waals surface area (Å²) in [5.74, 6) is 0.0761. The van der Waals surface area contributed by atoms with Crippen molar-refractivity contribution in [3.63, 3.8) is 0 Å². The Hall–Kier alpha value is -3.28. The summed E-state index contributed by atoms with van der Waals surface area (Å²) in [4.78, 5) is 24.6. The molecule has 3 aromatic rings. The van der Waals surface area contributed by atoms with E-state index in [1.807, 2.05) is 30.3 Å². The summed E-state index contributed by atoms with van der Waals surface area (Å²) >= 11 is 0. The zero-order valence-electron chi connectivity index (χ0n) is 16.7. The van der Waals surface area contributed by atoms with E-state index in [1.165, 1.54) is 6.33 Å². The molecule has 0 unspecified atom stereocenters. The number of amides is 1. The number of benzene rings is 1. The van der Waals surface area contributed by atoms with Gasteiger partial charge in [0.1, 0.15) is 18.9 Å². The highest BCUT2D eigenvalue weighted by Gasteiger charge is 2.35. The first-order valence-corrected chi connectivity index (χ1v) is 9.93. The van der Waals surface area contributed by atoms with Crippen molar-refractivity contribution in [1.29, 1.82) is 0 Å². The van der Waals surface area contributed by atoms with E-state index in [4.69, 9.17) is 15.2 Å². The van der Waals surface area contributed by atoms with Crippen LogP contribution >= 0.6 is 0 Å². The fraction of sp³-hybridized carbons (Fsp3) is 0.400. The van der Waals surface area contributed by atoms with E-state index in [9.17, 15) is 15.0 Å². The van der Waals surface area contributed by atoms with E-state index in [0.717, 1.165) is 5.56 Å². The fourth-order valence-corrected chi connectivity index (χ4v) is 3.45. The number of aliphatic hydroxyl groups excluding tert-OH is 2. The number of nitrogens with one attached hydrogen (secondary N) is 1. The van der Waals surface area contributed by atoms with Crippen molar-refractivity contribution in [3.8, 4) is 5.88 Å². The molecular weight excluding hydrogens is 404 g/mol. The molecule has 1 aromatic carbocycles. The number of fused-ring (bicyclic) bond motifs is 1. The number of hydrogen-bond donors (Lipinski definition) is 4. The van der Waals surface area contributed by atoms with Crippen LogP contribution in [0.4, 0.5) is 5.95 Å². The van der Waals surface area contributed by atoms with Crippen molar-refractivity contribution in [2.75, 3.05) is 25.5 Å². The van der Waals surface area contributed by atoms with Gasteiger partial charge in [0.15, 0.2) is 11.2 Å². The largest absolute Gasteiger partial charge is 0.474 e. The van der Waals surface area contributed by atoms with Gasteiger partial charge in [-0.15, -0.1) is 0 Å². The van der Waals surface area contributed by atoms with Crippen LogP contribution in [0.3, 0.4) is 0 Å². The number of hydrogen-bond acceptors (Lipinski definition) is 9. The number of carbonyl (C=O) groups excluding carboxylic acids is 1. The number of rotatable bonds is 8. The Labute approximate surface area is 177 Å². The van der Waals surface area contributed by atoms with Crippen LogP contribution in [0, 0.1) is 0 Å². The van der Waals surface area contributed by atoms with E-state index in [1.54, 1.807) is 4.57 Å². The van der Waals surface area contributed by atoms with Gasteiger partial charge in [-0.25, -0.2) is 4.98 Å². The van der Waals surface area contributed by atoms with Gasteiger partial charge in [-0.05, 0) is 5.56 Å². The lowest BCUT2D eigenvalue weighted by Crippen LogP contribution is -2.29. The van der Waals surface area contributed by atoms with Crippen molar-refractivity contribution in [3.05, 3.63) is 42.2 Å².